The lowest BCUT2D eigenvalue weighted by atomic mass is 10.2. The number of nitrogens with one attached hydrogen (secondary N) is 1. The van der Waals surface area contributed by atoms with E-state index in [-0.39, 0.29) is 18.1 Å². The Labute approximate surface area is 131 Å². The SMILES string of the molecule is Cc1ccoc1C(=O)Nc1nnn(Cc2ccccc2F)c1C. The number of aryl methyl sites for hydroxylation is 1. The Hall–Kier alpha value is -2.96. The van der Waals surface area contributed by atoms with Gasteiger partial charge in [-0.15, -0.1) is 5.10 Å². The van der Waals surface area contributed by atoms with Crippen molar-refractivity contribution >= 4 is 11.7 Å². The molecule has 0 aliphatic rings. The van der Waals surface area contributed by atoms with Crippen LogP contribution in [0.1, 0.15) is 27.4 Å². The number of hydrogen-bond acceptors (Lipinski definition) is 4. The quantitative estimate of drug-likeness (QED) is 0.803. The fourth-order valence-electron chi connectivity index (χ4n) is 2.18. The molecule has 1 N–H and O–H groups in total. The van der Waals surface area contributed by atoms with Gasteiger partial charge in [-0.3, -0.25) is 4.79 Å². The van der Waals surface area contributed by atoms with Gasteiger partial charge in [0.25, 0.3) is 5.91 Å². The first-order chi connectivity index (χ1) is 11.1. The first kappa shape index (κ1) is 15.0. The van der Waals surface area contributed by atoms with Crippen molar-refractivity contribution in [2.75, 3.05) is 5.32 Å². The number of benzene rings is 1. The average molecular weight is 314 g/mol. The molecule has 3 rings (SSSR count). The molecule has 2 aromatic heterocycles. The van der Waals surface area contributed by atoms with E-state index in [1.165, 1.54) is 17.0 Å². The highest BCUT2D eigenvalue weighted by Gasteiger charge is 2.17. The zero-order valence-electron chi connectivity index (χ0n) is 12.7. The first-order valence-corrected chi connectivity index (χ1v) is 7.05. The minimum atomic E-state index is -0.395. The number of rotatable bonds is 4. The zero-order valence-corrected chi connectivity index (χ0v) is 12.7. The summed E-state index contributed by atoms with van der Waals surface area (Å²) in [6.45, 7) is 3.77. The summed E-state index contributed by atoms with van der Waals surface area (Å²) in [5.41, 5.74) is 1.87. The van der Waals surface area contributed by atoms with Crippen molar-refractivity contribution in [2.24, 2.45) is 0 Å². The predicted molar refractivity (Wildman–Crippen MR) is 81.7 cm³/mol. The molecule has 0 saturated heterocycles. The number of nitrogens with zero attached hydrogens (tertiary/aromatic N) is 3. The third-order valence-corrected chi connectivity index (χ3v) is 3.56. The lowest BCUT2D eigenvalue weighted by molar-refractivity contribution is 0.0995. The monoisotopic (exact) mass is 314 g/mol. The molecule has 0 radical (unpaired) electrons. The maximum atomic E-state index is 13.7. The van der Waals surface area contributed by atoms with E-state index in [0.717, 1.165) is 5.56 Å². The summed E-state index contributed by atoms with van der Waals surface area (Å²) >= 11 is 0. The fraction of sp³-hybridized carbons (Fsp3) is 0.188. The van der Waals surface area contributed by atoms with Gasteiger partial charge >= 0.3 is 0 Å². The molecule has 6 nitrogen and oxygen atoms in total. The molecule has 23 heavy (non-hydrogen) atoms. The minimum Gasteiger partial charge on any atom is -0.459 e. The lowest BCUT2D eigenvalue weighted by Gasteiger charge is -2.05. The maximum absolute atomic E-state index is 13.7. The Bertz CT molecular complexity index is 853. The van der Waals surface area contributed by atoms with Gasteiger partial charge in [-0.25, -0.2) is 9.07 Å². The van der Waals surface area contributed by atoms with Gasteiger partial charge in [-0.05, 0) is 26.0 Å². The number of carbonyl (C=O) groups excluding carboxylic acids is 1. The van der Waals surface area contributed by atoms with Crippen LogP contribution < -0.4 is 5.32 Å². The van der Waals surface area contributed by atoms with E-state index in [2.05, 4.69) is 15.6 Å². The summed E-state index contributed by atoms with van der Waals surface area (Å²) in [4.78, 5) is 12.1. The highest BCUT2D eigenvalue weighted by molar-refractivity contribution is 6.02. The average Bonchev–Trinajstić information content (AvgIpc) is 3.10. The highest BCUT2D eigenvalue weighted by atomic mass is 19.1. The van der Waals surface area contributed by atoms with Crippen molar-refractivity contribution < 1.29 is 13.6 Å². The highest BCUT2D eigenvalue weighted by Crippen LogP contribution is 2.16. The Morgan fingerprint density at radius 3 is 2.78 bits per heavy atom. The molecule has 0 aliphatic carbocycles. The number of aromatic nitrogens is 3. The van der Waals surface area contributed by atoms with Crippen molar-refractivity contribution in [3.63, 3.8) is 0 Å². The van der Waals surface area contributed by atoms with Crippen molar-refractivity contribution in [3.05, 3.63) is 65.0 Å². The summed E-state index contributed by atoms with van der Waals surface area (Å²) in [5, 5.41) is 10.6. The molecule has 0 fully saturated rings. The van der Waals surface area contributed by atoms with Gasteiger partial charge in [0, 0.05) is 11.1 Å². The second-order valence-electron chi connectivity index (χ2n) is 5.16. The smallest absolute Gasteiger partial charge is 0.292 e. The van der Waals surface area contributed by atoms with E-state index in [4.69, 9.17) is 4.42 Å². The molecule has 1 aromatic carbocycles. The van der Waals surface area contributed by atoms with E-state index in [1.807, 2.05) is 0 Å². The number of halogens is 1. The Kier molecular flexibility index (Phi) is 3.92. The zero-order chi connectivity index (χ0) is 16.4. The summed E-state index contributed by atoms with van der Waals surface area (Å²) < 4.78 is 20.4. The Morgan fingerprint density at radius 1 is 1.30 bits per heavy atom. The normalized spacial score (nSPS) is 10.7. The molecule has 0 atom stereocenters. The molecule has 0 bridgehead atoms. The van der Waals surface area contributed by atoms with E-state index < -0.39 is 5.91 Å². The van der Waals surface area contributed by atoms with Gasteiger partial charge in [0.2, 0.25) is 0 Å². The predicted octanol–water partition coefficient (Wildman–Crippen LogP) is 2.93. The molecule has 0 aliphatic heterocycles. The van der Waals surface area contributed by atoms with Crippen molar-refractivity contribution in [3.8, 4) is 0 Å². The molecule has 3 aromatic rings. The molecule has 0 saturated carbocycles. The number of amides is 1. The second kappa shape index (κ2) is 6.04. The number of furan rings is 1. The van der Waals surface area contributed by atoms with Crippen molar-refractivity contribution in [1.29, 1.82) is 0 Å². The van der Waals surface area contributed by atoms with E-state index in [0.29, 0.717) is 17.1 Å². The Morgan fingerprint density at radius 2 is 2.09 bits per heavy atom. The van der Waals surface area contributed by atoms with Crippen molar-refractivity contribution in [2.45, 2.75) is 20.4 Å². The number of hydrogen-bond donors (Lipinski definition) is 1. The third-order valence-electron chi connectivity index (χ3n) is 3.56. The molecule has 7 heteroatoms. The topological polar surface area (TPSA) is 73.0 Å². The minimum absolute atomic E-state index is 0.230. The van der Waals surface area contributed by atoms with Crippen LogP contribution in [-0.2, 0) is 6.54 Å². The van der Waals surface area contributed by atoms with Crippen LogP contribution in [0.15, 0.2) is 41.0 Å². The number of anilines is 1. The molecule has 1 amide bonds. The molecule has 2 heterocycles. The van der Waals surface area contributed by atoms with Gasteiger partial charge < -0.3 is 9.73 Å². The Balaban J connectivity index is 1.79. The van der Waals surface area contributed by atoms with Crippen LogP contribution in [0.5, 0.6) is 0 Å². The van der Waals surface area contributed by atoms with Gasteiger partial charge in [0.05, 0.1) is 18.5 Å². The summed E-state index contributed by atoms with van der Waals surface area (Å²) in [6, 6.07) is 8.17. The summed E-state index contributed by atoms with van der Waals surface area (Å²) in [5.74, 6) is -0.150. The summed E-state index contributed by atoms with van der Waals surface area (Å²) in [6.07, 6.45) is 1.45. The van der Waals surface area contributed by atoms with Gasteiger partial charge in [0.15, 0.2) is 11.6 Å². The molecule has 0 spiro atoms. The second-order valence-corrected chi connectivity index (χ2v) is 5.16. The standard InChI is InChI=1S/C16H15FN4O2/c1-10-7-8-23-14(10)16(22)18-15-11(2)21(20-19-15)9-12-5-3-4-6-13(12)17/h3-8H,9H2,1-2H3,(H,18,22). The van der Waals surface area contributed by atoms with Crippen molar-refractivity contribution in [1.82, 2.24) is 15.0 Å². The van der Waals surface area contributed by atoms with Crippen LogP contribution in [0.4, 0.5) is 10.2 Å². The van der Waals surface area contributed by atoms with Gasteiger partial charge in [0.1, 0.15) is 5.82 Å². The number of carbonyl (C=O) groups is 1. The van der Waals surface area contributed by atoms with Gasteiger partial charge in [-0.2, -0.15) is 0 Å². The molecular formula is C16H15FN4O2. The van der Waals surface area contributed by atoms with Gasteiger partial charge in [-0.1, -0.05) is 23.4 Å². The fourth-order valence-corrected chi connectivity index (χ4v) is 2.18. The molecule has 118 valence electrons. The molecular weight excluding hydrogens is 299 g/mol. The third kappa shape index (κ3) is 2.98. The van der Waals surface area contributed by atoms with E-state index in [9.17, 15) is 9.18 Å². The van der Waals surface area contributed by atoms with Crippen LogP contribution in [0, 0.1) is 19.7 Å². The maximum Gasteiger partial charge on any atom is 0.292 e. The molecule has 0 unspecified atom stereocenters. The lowest BCUT2D eigenvalue weighted by Crippen LogP contribution is -2.13. The first-order valence-electron chi connectivity index (χ1n) is 7.05. The van der Waals surface area contributed by atoms with E-state index >= 15 is 0 Å². The van der Waals surface area contributed by atoms with Crippen LogP contribution in [0.25, 0.3) is 0 Å². The van der Waals surface area contributed by atoms with Crippen LogP contribution in [-0.4, -0.2) is 20.9 Å². The van der Waals surface area contributed by atoms with Crippen LogP contribution in [0.3, 0.4) is 0 Å². The van der Waals surface area contributed by atoms with E-state index in [1.54, 1.807) is 38.1 Å². The van der Waals surface area contributed by atoms with Crippen LogP contribution in [0.2, 0.25) is 0 Å². The largest absolute Gasteiger partial charge is 0.459 e. The summed E-state index contributed by atoms with van der Waals surface area (Å²) in [7, 11) is 0. The van der Waals surface area contributed by atoms with Crippen LogP contribution >= 0.6 is 0 Å².